The van der Waals surface area contributed by atoms with Crippen molar-refractivity contribution in [2.75, 3.05) is 13.1 Å². The quantitative estimate of drug-likeness (QED) is 0.579. The minimum atomic E-state index is -0.511. The fourth-order valence-corrected chi connectivity index (χ4v) is 3.66. The zero-order valence-electron chi connectivity index (χ0n) is 17.5. The first-order valence-electron chi connectivity index (χ1n) is 10.1. The molecule has 0 radical (unpaired) electrons. The molecule has 7 heteroatoms. The van der Waals surface area contributed by atoms with Crippen molar-refractivity contribution >= 4 is 28.7 Å². The van der Waals surface area contributed by atoms with Gasteiger partial charge in [0.05, 0.1) is 24.1 Å². The number of imidazole rings is 1. The van der Waals surface area contributed by atoms with Gasteiger partial charge >= 0.3 is 6.09 Å². The van der Waals surface area contributed by atoms with Crippen molar-refractivity contribution in [2.24, 2.45) is 0 Å². The monoisotopic (exact) mass is 427 g/mol. The minimum Gasteiger partial charge on any atom is -0.459 e. The smallest absolute Gasteiger partial charge is 0.410 e. The number of ether oxygens (including phenoxy) is 2. The Bertz CT molecular complexity index is 1040. The standard InChI is InChI=1S/C23H26ClN3O3/c1-23(2,3)30-22(28)26-13-12-18(15-26)29-21-25-19-6-4-5-7-20(19)27(21)14-16-8-10-17(24)11-9-16/h4-11,18H,12-15H2,1-3H3/t18-/m1/s1. The van der Waals surface area contributed by atoms with Crippen LogP contribution in [0.1, 0.15) is 32.8 Å². The molecule has 0 N–H and O–H groups in total. The summed E-state index contributed by atoms with van der Waals surface area (Å²) >= 11 is 6.03. The van der Waals surface area contributed by atoms with Gasteiger partial charge in [-0.3, -0.25) is 4.57 Å². The first-order chi connectivity index (χ1) is 14.3. The van der Waals surface area contributed by atoms with Gasteiger partial charge in [-0.15, -0.1) is 0 Å². The summed E-state index contributed by atoms with van der Waals surface area (Å²) in [6, 6.07) is 16.3. The first-order valence-corrected chi connectivity index (χ1v) is 10.5. The molecule has 0 spiro atoms. The number of rotatable bonds is 4. The van der Waals surface area contributed by atoms with Gasteiger partial charge in [0.15, 0.2) is 0 Å². The van der Waals surface area contributed by atoms with E-state index in [0.29, 0.717) is 30.7 Å². The maximum Gasteiger partial charge on any atom is 0.410 e. The largest absolute Gasteiger partial charge is 0.459 e. The van der Waals surface area contributed by atoms with Crippen molar-refractivity contribution in [3.05, 3.63) is 59.1 Å². The molecule has 1 aliphatic rings. The van der Waals surface area contributed by atoms with Crippen LogP contribution in [0.5, 0.6) is 6.01 Å². The number of likely N-dealkylation sites (tertiary alicyclic amines) is 1. The predicted octanol–water partition coefficient (Wildman–Crippen LogP) is 5.13. The average Bonchev–Trinajstić information content (AvgIpc) is 3.28. The summed E-state index contributed by atoms with van der Waals surface area (Å²) in [6.45, 7) is 7.32. The number of fused-ring (bicyclic) bond motifs is 1. The number of halogens is 1. The van der Waals surface area contributed by atoms with E-state index in [1.165, 1.54) is 0 Å². The molecule has 1 aromatic heterocycles. The van der Waals surface area contributed by atoms with E-state index >= 15 is 0 Å². The van der Waals surface area contributed by atoms with E-state index in [2.05, 4.69) is 4.57 Å². The number of nitrogens with zero attached hydrogens (tertiary/aromatic N) is 3. The van der Waals surface area contributed by atoms with Gasteiger partial charge in [0, 0.05) is 18.0 Å². The molecule has 2 heterocycles. The number of para-hydroxylation sites is 2. The summed E-state index contributed by atoms with van der Waals surface area (Å²) in [6.07, 6.45) is 0.310. The van der Waals surface area contributed by atoms with E-state index in [1.54, 1.807) is 4.90 Å². The van der Waals surface area contributed by atoms with Gasteiger partial charge in [-0.1, -0.05) is 35.9 Å². The van der Waals surface area contributed by atoms with E-state index in [1.807, 2.05) is 69.3 Å². The highest BCUT2D eigenvalue weighted by Gasteiger charge is 2.31. The maximum absolute atomic E-state index is 12.4. The highest BCUT2D eigenvalue weighted by Crippen LogP contribution is 2.26. The van der Waals surface area contributed by atoms with Gasteiger partial charge < -0.3 is 14.4 Å². The lowest BCUT2D eigenvalue weighted by molar-refractivity contribution is 0.0273. The van der Waals surface area contributed by atoms with Crippen LogP contribution in [0.3, 0.4) is 0 Å². The van der Waals surface area contributed by atoms with Crippen LogP contribution in [0.15, 0.2) is 48.5 Å². The van der Waals surface area contributed by atoms with Crippen LogP contribution >= 0.6 is 11.6 Å². The van der Waals surface area contributed by atoms with Gasteiger partial charge in [0.1, 0.15) is 11.7 Å². The summed E-state index contributed by atoms with van der Waals surface area (Å²) in [5, 5.41) is 0.707. The van der Waals surface area contributed by atoms with Crippen molar-refractivity contribution in [2.45, 2.75) is 45.4 Å². The highest BCUT2D eigenvalue weighted by molar-refractivity contribution is 6.30. The van der Waals surface area contributed by atoms with Crippen LogP contribution in [0.2, 0.25) is 5.02 Å². The Morgan fingerprint density at radius 1 is 1.17 bits per heavy atom. The third-order valence-corrected chi connectivity index (χ3v) is 5.19. The van der Waals surface area contributed by atoms with E-state index < -0.39 is 5.60 Å². The third-order valence-electron chi connectivity index (χ3n) is 4.94. The molecule has 1 amide bonds. The van der Waals surface area contributed by atoms with Crippen molar-refractivity contribution in [3.8, 4) is 6.01 Å². The van der Waals surface area contributed by atoms with Gasteiger partial charge in [-0.05, 0) is 50.6 Å². The van der Waals surface area contributed by atoms with Crippen LogP contribution in [0.25, 0.3) is 11.0 Å². The number of carbonyl (C=O) groups is 1. The van der Waals surface area contributed by atoms with E-state index in [9.17, 15) is 4.79 Å². The minimum absolute atomic E-state index is 0.127. The maximum atomic E-state index is 12.4. The van der Waals surface area contributed by atoms with Crippen LogP contribution in [0, 0.1) is 0 Å². The molecule has 1 aliphatic heterocycles. The van der Waals surface area contributed by atoms with Crippen molar-refractivity contribution in [1.29, 1.82) is 0 Å². The Morgan fingerprint density at radius 2 is 1.90 bits per heavy atom. The Balaban J connectivity index is 1.53. The summed E-state index contributed by atoms with van der Waals surface area (Å²) in [5.41, 5.74) is 2.48. The fourth-order valence-electron chi connectivity index (χ4n) is 3.53. The number of benzene rings is 2. The lowest BCUT2D eigenvalue weighted by Crippen LogP contribution is -2.36. The van der Waals surface area contributed by atoms with E-state index in [0.717, 1.165) is 23.0 Å². The highest BCUT2D eigenvalue weighted by atomic mass is 35.5. The lowest BCUT2D eigenvalue weighted by Gasteiger charge is -2.24. The Hall–Kier alpha value is -2.73. The molecule has 1 saturated heterocycles. The number of carbonyl (C=O) groups excluding carboxylic acids is 1. The van der Waals surface area contributed by atoms with E-state index in [4.69, 9.17) is 26.1 Å². The van der Waals surface area contributed by atoms with Crippen molar-refractivity contribution in [1.82, 2.24) is 14.5 Å². The van der Waals surface area contributed by atoms with Crippen LogP contribution < -0.4 is 4.74 Å². The molecule has 0 bridgehead atoms. The van der Waals surface area contributed by atoms with Crippen LogP contribution in [-0.2, 0) is 11.3 Å². The fraction of sp³-hybridized carbons (Fsp3) is 0.391. The Labute approximate surface area is 181 Å². The number of hydrogen-bond acceptors (Lipinski definition) is 4. The molecule has 1 fully saturated rings. The van der Waals surface area contributed by atoms with Crippen molar-refractivity contribution in [3.63, 3.8) is 0 Å². The van der Waals surface area contributed by atoms with Crippen LogP contribution in [0.4, 0.5) is 4.79 Å². The molecule has 0 aliphatic carbocycles. The van der Waals surface area contributed by atoms with Gasteiger partial charge in [-0.2, -0.15) is 4.98 Å². The second kappa shape index (κ2) is 8.19. The zero-order valence-corrected chi connectivity index (χ0v) is 18.2. The molecule has 4 rings (SSSR count). The average molecular weight is 428 g/mol. The molecule has 2 aromatic carbocycles. The normalized spacial score (nSPS) is 16.8. The van der Waals surface area contributed by atoms with Crippen molar-refractivity contribution < 1.29 is 14.3 Å². The van der Waals surface area contributed by atoms with Gasteiger partial charge in [-0.25, -0.2) is 4.79 Å². The SMILES string of the molecule is CC(C)(C)OC(=O)N1CC[C@@H](Oc2nc3ccccc3n2Cc2ccc(Cl)cc2)C1. The topological polar surface area (TPSA) is 56.6 Å². The predicted molar refractivity (Wildman–Crippen MR) is 117 cm³/mol. The number of amides is 1. The summed E-state index contributed by atoms with van der Waals surface area (Å²) in [7, 11) is 0. The van der Waals surface area contributed by atoms with Gasteiger partial charge in [0.25, 0.3) is 6.01 Å². The number of hydrogen-bond donors (Lipinski definition) is 0. The third kappa shape index (κ3) is 4.70. The molecule has 30 heavy (non-hydrogen) atoms. The summed E-state index contributed by atoms with van der Waals surface area (Å²) in [5.74, 6) is 0. The molecular formula is C23H26ClN3O3. The molecule has 3 aromatic rings. The second-order valence-corrected chi connectivity index (χ2v) is 8.99. The first kappa shape index (κ1) is 20.5. The molecule has 158 valence electrons. The van der Waals surface area contributed by atoms with E-state index in [-0.39, 0.29) is 12.2 Å². The molecule has 6 nitrogen and oxygen atoms in total. The zero-order chi connectivity index (χ0) is 21.3. The number of aromatic nitrogens is 2. The molecular weight excluding hydrogens is 402 g/mol. The van der Waals surface area contributed by atoms with Crippen LogP contribution in [-0.4, -0.2) is 45.3 Å². The molecule has 1 atom stereocenters. The second-order valence-electron chi connectivity index (χ2n) is 8.55. The molecule has 0 unspecified atom stereocenters. The summed E-state index contributed by atoms with van der Waals surface area (Å²) in [4.78, 5) is 18.7. The Kier molecular flexibility index (Phi) is 5.60. The lowest BCUT2D eigenvalue weighted by atomic mass is 10.2. The summed E-state index contributed by atoms with van der Waals surface area (Å²) < 4.78 is 13.8. The van der Waals surface area contributed by atoms with Gasteiger partial charge in [0.2, 0.25) is 0 Å². The Morgan fingerprint density at radius 3 is 2.63 bits per heavy atom. The molecule has 0 saturated carbocycles.